The van der Waals surface area contributed by atoms with Gasteiger partial charge in [-0.2, -0.15) is 0 Å². The molecule has 0 atom stereocenters. The minimum absolute atomic E-state index is 0.0628. The van der Waals surface area contributed by atoms with E-state index in [9.17, 15) is 9.59 Å². The molecular weight excluding hydrogens is 416 g/mol. The van der Waals surface area contributed by atoms with Crippen LogP contribution in [-0.2, 0) is 4.79 Å². The molecule has 1 aromatic heterocycles. The van der Waals surface area contributed by atoms with E-state index in [2.05, 4.69) is 37.2 Å². The molecule has 1 aromatic carbocycles. The summed E-state index contributed by atoms with van der Waals surface area (Å²) in [6.07, 6.45) is 0. The second-order valence-corrected chi connectivity index (χ2v) is 6.47. The molecule has 1 N–H and O–H groups in total. The van der Waals surface area contributed by atoms with Crippen molar-refractivity contribution in [2.75, 3.05) is 18.9 Å². The fraction of sp³-hybridized carbons (Fsp3) is 0.200. The number of aryl methyl sites for hydroxylation is 1. The molecule has 116 valence electrons. The molecule has 5 nitrogen and oxygen atoms in total. The number of carbonyl (C=O) groups excluding carboxylic acids is 2. The molecule has 7 heteroatoms. The van der Waals surface area contributed by atoms with Crippen LogP contribution >= 0.6 is 31.9 Å². The topological polar surface area (TPSA) is 62.6 Å². The maximum atomic E-state index is 12.1. The summed E-state index contributed by atoms with van der Waals surface area (Å²) in [6, 6.07) is 8.75. The Morgan fingerprint density at radius 1 is 1.23 bits per heavy atom. The van der Waals surface area contributed by atoms with Crippen molar-refractivity contribution in [3.63, 3.8) is 0 Å². The molecule has 0 fully saturated rings. The summed E-state index contributed by atoms with van der Waals surface area (Å²) < 4.78 is 6.60. The van der Waals surface area contributed by atoms with Crippen molar-refractivity contribution < 1.29 is 14.0 Å². The first kappa shape index (κ1) is 16.8. The van der Waals surface area contributed by atoms with Crippen molar-refractivity contribution in [2.45, 2.75) is 6.92 Å². The quantitative estimate of drug-likeness (QED) is 0.803. The third kappa shape index (κ3) is 4.20. The van der Waals surface area contributed by atoms with Gasteiger partial charge in [0.25, 0.3) is 5.91 Å². The van der Waals surface area contributed by atoms with Gasteiger partial charge in [0, 0.05) is 17.2 Å². The molecule has 0 spiro atoms. The van der Waals surface area contributed by atoms with Crippen LogP contribution in [-0.4, -0.2) is 30.3 Å². The summed E-state index contributed by atoms with van der Waals surface area (Å²) in [5.74, 6) is -0.442. The molecule has 0 bridgehead atoms. The van der Waals surface area contributed by atoms with E-state index in [4.69, 9.17) is 4.42 Å². The normalized spacial score (nSPS) is 10.4. The Morgan fingerprint density at radius 2 is 1.95 bits per heavy atom. The monoisotopic (exact) mass is 428 g/mol. The Hall–Kier alpha value is -1.60. The molecule has 2 aromatic rings. The predicted molar refractivity (Wildman–Crippen MR) is 90.9 cm³/mol. The third-order valence-electron chi connectivity index (χ3n) is 2.97. The second kappa shape index (κ2) is 7.11. The zero-order valence-electron chi connectivity index (χ0n) is 12.0. The van der Waals surface area contributed by atoms with Crippen LogP contribution in [0.5, 0.6) is 0 Å². The first-order valence-corrected chi connectivity index (χ1v) is 8.02. The molecular formula is C15H14Br2N2O3. The summed E-state index contributed by atoms with van der Waals surface area (Å²) in [6.45, 7) is 1.84. The van der Waals surface area contributed by atoms with Crippen molar-refractivity contribution in [3.05, 3.63) is 50.8 Å². The Labute approximate surface area is 144 Å². The number of furan rings is 1. The molecule has 1 heterocycles. The summed E-state index contributed by atoms with van der Waals surface area (Å²) >= 11 is 6.51. The number of halogens is 2. The van der Waals surface area contributed by atoms with Crippen molar-refractivity contribution in [2.24, 2.45) is 0 Å². The third-order valence-corrected chi connectivity index (χ3v) is 3.89. The number of likely N-dealkylation sites (N-methyl/N-ethyl adjacent to an activating group) is 1. The van der Waals surface area contributed by atoms with Crippen LogP contribution in [0.4, 0.5) is 5.69 Å². The molecule has 0 aliphatic carbocycles. The first-order valence-electron chi connectivity index (χ1n) is 6.43. The van der Waals surface area contributed by atoms with Crippen molar-refractivity contribution in [1.82, 2.24) is 4.90 Å². The number of amides is 2. The van der Waals surface area contributed by atoms with Gasteiger partial charge >= 0.3 is 0 Å². The number of carbonyl (C=O) groups is 2. The van der Waals surface area contributed by atoms with E-state index < -0.39 is 0 Å². The van der Waals surface area contributed by atoms with Crippen LogP contribution < -0.4 is 5.32 Å². The second-order valence-electron chi connectivity index (χ2n) is 4.77. The lowest BCUT2D eigenvalue weighted by atomic mass is 10.2. The fourth-order valence-corrected chi connectivity index (χ4v) is 2.64. The number of nitrogens with zero attached hydrogens (tertiary/aromatic N) is 1. The average molecular weight is 430 g/mol. The van der Waals surface area contributed by atoms with Crippen LogP contribution in [0.3, 0.4) is 0 Å². The van der Waals surface area contributed by atoms with Gasteiger partial charge in [-0.05, 0) is 58.7 Å². The molecule has 2 amide bonds. The van der Waals surface area contributed by atoms with Crippen LogP contribution in [0.1, 0.15) is 16.1 Å². The van der Waals surface area contributed by atoms with Crippen molar-refractivity contribution in [1.29, 1.82) is 0 Å². The van der Waals surface area contributed by atoms with Gasteiger partial charge in [0.2, 0.25) is 5.91 Å². The van der Waals surface area contributed by atoms with Gasteiger partial charge in [0.05, 0.1) is 6.54 Å². The fourth-order valence-electron chi connectivity index (χ4n) is 1.86. The highest BCUT2D eigenvalue weighted by molar-refractivity contribution is 9.10. The highest BCUT2D eigenvalue weighted by Gasteiger charge is 2.18. The van der Waals surface area contributed by atoms with E-state index in [1.54, 1.807) is 19.2 Å². The van der Waals surface area contributed by atoms with Gasteiger partial charge in [-0.15, -0.1) is 0 Å². The van der Waals surface area contributed by atoms with Crippen LogP contribution in [0.25, 0.3) is 0 Å². The molecule has 0 saturated carbocycles. The van der Waals surface area contributed by atoms with Crippen LogP contribution in [0.15, 0.2) is 43.9 Å². The molecule has 0 aliphatic heterocycles. The van der Waals surface area contributed by atoms with Gasteiger partial charge < -0.3 is 14.6 Å². The largest absolute Gasteiger partial charge is 0.444 e. The standard InChI is InChI=1S/C15H14Br2N2O3/c1-9-7-10(16)3-4-11(9)18-14(20)8-19(2)15(21)12-5-6-13(17)22-12/h3-7H,8H2,1-2H3,(H,18,20). The Balaban J connectivity index is 1.98. The maximum absolute atomic E-state index is 12.1. The highest BCUT2D eigenvalue weighted by Crippen LogP contribution is 2.20. The summed E-state index contributed by atoms with van der Waals surface area (Å²) in [5.41, 5.74) is 1.65. The number of benzene rings is 1. The predicted octanol–water partition coefficient (Wildman–Crippen LogP) is 3.82. The van der Waals surface area contributed by atoms with Crippen molar-refractivity contribution in [3.8, 4) is 0 Å². The van der Waals surface area contributed by atoms with Gasteiger partial charge in [-0.25, -0.2) is 0 Å². The zero-order valence-corrected chi connectivity index (χ0v) is 15.2. The van der Waals surface area contributed by atoms with E-state index in [0.29, 0.717) is 4.67 Å². The maximum Gasteiger partial charge on any atom is 0.289 e. The Bertz CT molecular complexity index is 713. The number of anilines is 1. The number of rotatable bonds is 4. The zero-order chi connectivity index (χ0) is 16.3. The van der Waals surface area contributed by atoms with E-state index in [1.807, 2.05) is 25.1 Å². The number of hydrogen-bond acceptors (Lipinski definition) is 3. The number of hydrogen-bond donors (Lipinski definition) is 1. The van der Waals surface area contributed by atoms with Gasteiger partial charge in [0.15, 0.2) is 10.4 Å². The molecule has 2 rings (SSSR count). The molecule has 22 heavy (non-hydrogen) atoms. The molecule has 0 radical (unpaired) electrons. The van der Waals surface area contributed by atoms with Gasteiger partial charge in [-0.3, -0.25) is 9.59 Å². The Morgan fingerprint density at radius 3 is 2.55 bits per heavy atom. The lowest BCUT2D eigenvalue weighted by molar-refractivity contribution is -0.116. The van der Waals surface area contributed by atoms with Gasteiger partial charge in [-0.1, -0.05) is 15.9 Å². The molecule has 0 unspecified atom stereocenters. The smallest absolute Gasteiger partial charge is 0.289 e. The average Bonchev–Trinajstić information content (AvgIpc) is 2.87. The summed E-state index contributed by atoms with van der Waals surface area (Å²) in [7, 11) is 1.55. The first-order chi connectivity index (χ1) is 10.4. The van der Waals surface area contributed by atoms with Crippen LogP contribution in [0, 0.1) is 6.92 Å². The lowest BCUT2D eigenvalue weighted by Crippen LogP contribution is -2.34. The molecule has 0 saturated heterocycles. The summed E-state index contributed by atoms with van der Waals surface area (Å²) in [4.78, 5) is 25.4. The SMILES string of the molecule is Cc1cc(Br)ccc1NC(=O)CN(C)C(=O)c1ccc(Br)o1. The van der Waals surface area contributed by atoms with Crippen molar-refractivity contribution >= 4 is 49.4 Å². The minimum atomic E-state index is -0.353. The van der Waals surface area contributed by atoms with Crippen LogP contribution in [0.2, 0.25) is 0 Å². The van der Waals surface area contributed by atoms with E-state index in [1.165, 1.54) is 4.90 Å². The minimum Gasteiger partial charge on any atom is -0.444 e. The van der Waals surface area contributed by atoms with Gasteiger partial charge in [0.1, 0.15) is 0 Å². The van der Waals surface area contributed by atoms with E-state index >= 15 is 0 Å². The van der Waals surface area contributed by atoms with E-state index in [-0.39, 0.29) is 24.1 Å². The summed E-state index contributed by atoms with van der Waals surface area (Å²) in [5, 5.41) is 2.79. The number of nitrogens with one attached hydrogen (secondary N) is 1. The van der Waals surface area contributed by atoms with E-state index in [0.717, 1.165) is 15.7 Å². The Kier molecular flexibility index (Phi) is 5.42. The lowest BCUT2D eigenvalue weighted by Gasteiger charge is -2.16. The molecule has 0 aliphatic rings. The highest BCUT2D eigenvalue weighted by atomic mass is 79.9.